The highest BCUT2D eigenvalue weighted by atomic mass is 19.4. The number of halogens is 4. The van der Waals surface area contributed by atoms with Crippen molar-refractivity contribution in [2.24, 2.45) is 0 Å². The van der Waals surface area contributed by atoms with Gasteiger partial charge in [-0.3, -0.25) is 0 Å². The first-order valence-electron chi connectivity index (χ1n) is 9.45. The lowest BCUT2D eigenvalue weighted by atomic mass is 10.4. The van der Waals surface area contributed by atoms with E-state index in [-0.39, 0.29) is 0 Å². The summed E-state index contributed by atoms with van der Waals surface area (Å²) in [7, 11) is 0. The Hall–Kier alpha value is -3.77. The molecule has 0 unspecified atom stereocenters. The van der Waals surface area contributed by atoms with E-state index in [4.69, 9.17) is 9.90 Å². The third-order valence-corrected chi connectivity index (χ3v) is 4.47. The Labute approximate surface area is 179 Å². The molecule has 4 rings (SSSR count). The monoisotopic (exact) mass is 453 g/mol. The van der Waals surface area contributed by atoms with Crippen LogP contribution in [-0.4, -0.2) is 54.8 Å². The zero-order valence-corrected chi connectivity index (χ0v) is 16.6. The number of aliphatic carboxylic acids is 1. The summed E-state index contributed by atoms with van der Waals surface area (Å²) in [6.45, 7) is 2.97. The maximum Gasteiger partial charge on any atom is 0.490 e. The van der Waals surface area contributed by atoms with Gasteiger partial charge in [-0.05, 0) is 12.1 Å². The van der Waals surface area contributed by atoms with Gasteiger partial charge in [0.05, 0.1) is 30.8 Å². The van der Waals surface area contributed by atoms with Crippen LogP contribution in [0.25, 0.3) is 0 Å². The molecule has 0 saturated carbocycles. The van der Waals surface area contributed by atoms with E-state index in [1.165, 1.54) is 12.4 Å². The molecule has 0 saturated heterocycles. The van der Waals surface area contributed by atoms with Gasteiger partial charge in [0.2, 0.25) is 5.95 Å². The molecule has 0 radical (unpaired) electrons. The molecule has 0 spiro atoms. The number of aromatic nitrogens is 5. The fraction of sp³-hybridized carbons (Fsp3) is 0.316. The number of hydrogen-bond acceptors (Lipinski definition) is 7. The van der Waals surface area contributed by atoms with Crippen LogP contribution in [0.2, 0.25) is 0 Å². The van der Waals surface area contributed by atoms with Gasteiger partial charge >= 0.3 is 12.1 Å². The Morgan fingerprint density at radius 2 is 1.78 bits per heavy atom. The number of hydrogen-bond donors (Lipinski definition) is 2. The van der Waals surface area contributed by atoms with E-state index in [0.717, 1.165) is 43.4 Å². The summed E-state index contributed by atoms with van der Waals surface area (Å²) < 4.78 is 47.0. The molecule has 0 aromatic carbocycles. The van der Waals surface area contributed by atoms with Gasteiger partial charge in [-0.25, -0.2) is 29.1 Å². The number of carbonyl (C=O) groups is 1. The zero-order chi connectivity index (χ0) is 23.1. The Balaban J connectivity index is 0.000000360. The van der Waals surface area contributed by atoms with Crippen molar-refractivity contribution in [3.05, 3.63) is 60.3 Å². The number of pyridine rings is 1. The van der Waals surface area contributed by atoms with Crippen LogP contribution in [-0.2, 0) is 24.3 Å². The summed E-state index contributed by atoms with van der Waals surface area (Å²) in [4.78, 5) is 27.9. The van der Waals surface area contributed by atoms with Crippen molar-refractivity contribution >= 4 is 17.7 Å². The van der Waals surface area contributed by atoms with Crippen molar-refractivity contribution in [1.29, 1.82) is 0 Å². The summed E-state index contributed by atoms with van der Waals surface area (Å²) >= 11 is 0. The number of alkyl halides is 3. The van der Waals surface area contributed by atoms with Crippen LogP contribution >= 0.6 is 0 Å². The molecule has 170 valence electrons. The second kappa shape index (κ2) is 10.0. The minimum absolute atomic E-state index is 0.422. The van der Waals surface area contributed by atoms with Crippen LogP contribution in [0.4, 0.5) is 29.3 Å². The second-order valence-electron chi connectivity index (χ2n) is 6.63. The molecular weight excluding hydrogens is 434 g/mol. The maximum atomic E-state index is 13.0. The number of fused-ring (bicyclic) bond motifs is 1. The number of imidazole rings is 1. The molecule has 32 heavy (non-hydrogen) atoms. The van der Waals surface area contributed by atoms with Gasteiger partial charge in [-0.2, -0.15) is 13.2 Å². The molecule has 3 aromatic rings. The Morgan fingerprint density at radius 1 is 1.06 bits per heavy atom. The molecule has 0 atom stereocenters. The second-order valence-corrected chi connectivity index (χ2v) is 6.63. The lowest BCUT2D eigenvalue weighted by Crippen LogP contribution is -2.28. The number of nitrogens with one attached hydrogen (secondary N) is 1. The van der Waals surface area contributed by atoms with Crippen molar-refractivity contribution in [2.45, 2.75) is 25.7 Å². The van der Waals surface area contributed by atoms with Crippen LogP contribution < -0.4 is 10.2 Å². The molecule has 4 heterocycles. The predicted molar refractivity (Wildman–Crippen MR) is 105 cm³/mol. The molecule has 0 bridgehead atoms. The fourth-order valence-electron chi connectivity index (χ4n) is 2.95. The summed E-state index contributed by atoms with van der Waals surface area (Å²) in [5.74, 6) is -0.738. The maximum absolute atomic E-state index is 13.0. The van der Waals surface area contributed by atoms with E-state index in [0.29, 0.717) is 12.5 Å². The van der Waals surface area contributed by atoms with Gasteiger partial charge in [0.15, 0.2) is 5.82 Å². The lowest BCUT2D eigenvalue weighted by molar-refractivity contribution is -0.192. The molecule has 3 aromatic heterocycles. The number of carboxylic acid groups (broad SMARTS) is 1. The average molecular weight is 453 g/mol. The normalized spacial score (nSPS) is 13.4. The van der Waals surface area contributed by atoms with Crippen LogP contribution in [0.1, 0.15) is 11.5 Å². The van der Waals surface area contributed by atoms with Crippen molar-refractivity contribution < 1.29 is 27.5 Å². The van der Waals surface area contributed by atoms with Crippen molar-refractivity contribution in [1.82, 2.24) is 24.5 Å². The van der Waals surface area contributed by atoms with Gasteiger partial charge in [-0.1, -0.05) is 6.07 Å². The van der Waals surface area contributed by atoms with E-state index in [2.05, 4.69) is 34.7 Å². The zero-order valence-electron chi connectivity index (χ0n) is 16.6. The third-order valence-electron chi connectivity index (χ3n) is 4.47. The highest BCUT2D eigenvalue weighted by molar-refractivity contribution is 5.73. The molecular formula is C19H19F4N7O2. The minimum Gasteiger partial charge on any atom is -0.475 e. The summed E-state index contributed by atoms with van der Waals surface area (Å²) in [5.41, 5.74) is 1.11. The molecule has 13 heteroatoms. The minimum atomic E-state index is -5.08. The molecule has 9 nitrogen and oxygen atoms in total. The van der Waals surface area contributed by atoms with Gasteiger partial charge in [0, 0.05) is 32.3 Å². The third kappa shape index (κ3) is 6.12. The number of anilines is 2. The van der Waals surface area contributed by atoms with Crippen molar-refractivity contribution in [2.75, 3.05) is 23.3 Å². The molecule has 0 fully saturated rings. The molecule has 1 aliphatic rings. The van der Waals surface area contributed by atoms with Crippen LogP contribution in [0, 0.1) is 5.82 Å². The molecule has 1 aliphatic heterocycles. The fourth-order valence-corrected chi connectivity index (χ4v) is 2.95. The standard InChI is InChI=1S/C17H18FN7.C2HF3O2/c18-13-9-22-17(23-10-13)24-6-4-16-21-12-14(25(16)8-7-24)11-20-15-3-1-2-5-19-15;3-2(4,5)1(6)7/h1-3,5,9-10,12H,4,6-8,11H2,(H,19,20);(H,6,7). The first-order chi connectivity index (χ1) is 15.2. The quantitative estimate of drug-likeness (QED) is 0.580. The van der Waals surface area contributed by atoms with E-state index in [1.54, 1.807) is 6.20 Å². The Morgan fingerprint density at radius 3 is 2.41 bits per heavy atom. The summed E-state index contributed by atoms with van der Waals surface area (Å²) in [6.07, 6.45) is 1.79. The van der Waals surface area contributed by atoms with Gasteiger partial charge in [-0.15, -0.1) is 0 Å². The van der Waals surface area contributed by atoms with Gasteiger partial charge in [0.1, 0.15) is 11.6 Å². The molecule has 2 N–H and O–H groups in total. The summed E-state index contributed by atoms with van der Waals surface area (Å²) in [5, 5.41) is 10.4. The van der Waals surface area contributed by atoms with Crippen molar-refractivity contribution in [3.63, 3.8) is 0 Å². The van der Waals surface area contributed by atoms with E-state index in [1.807, 2.05) is 24.4 Å². The van der Waals surface area contributed by atoms with Crippen LogP contribution in [0.3, 0.4) is 0 Å². The SMILES string of the molecule is Fc1cnc(N2CCc3ncc(CNc4ccccn4)n3CC2)nc1.O=C(O)C(F)(F)F. The van der Waals surface area contributed by atoms with Crippen LogP contribution in [0.5, 0.6) is 0 Å². The smallest absolute Gasteiger partial charge is 0.475 e. The topological polar surface area (TPSA) is 109 Å². The number of nitrogens with zero attached hydrogens (tertiary/aromatic N) is 6. The largest absolute Gasteiger partial charge is 0.490 e. The summed E-state index contributed by atoms with van der Waals surface area (Å²) in [6, 6.07) is 5.78. The van der Waals surface area contributed by atoms with E-state index in [9.17, 15) is 17.6 Å². The lowest BCUT2D eigenvalue weighted by Gasteiger charge is -2.19. The van der Waals surface area contributed by atoms with Crippen LogP contribution in [0.15, 0.2) is 43.0 Å². The highest BCUT2D eigenvalue weighted by Gasteiger charge is 2.38. The average Bonchev–Trinajstić information content (AvgIpc) is 3.03. The first-order valence-corrected chi connectivity index (χ1v) is 9.45. The van der Waals surface area contributed by atoms with E-state index >= 15 is 0 Å². The first kappa shape index (κ1) is 22.9. The highest BCUT2D eigenvalue weighted by Crippen LogP contribution is 2.16. The van der Waals surface area contributed by atoms with Gasteiger partial charge < -0.3 is 19.9 Å². The Bertz CT molecular complexity index is 1030. The Kier molecular flexibility index (Phi) is 7.18. The van der Waals surface area contributed by atoms with E-state index < -0.39 is 18.0 Å². The molecule has 0 amide bonds. The van der Waals surface area contributed by atoms with Gasteiger partial charge in [0.25, 0.3) is 0 Å². The number of carboxylic acids is 1. The predicted octanol–water partition coefficient (Wildman–Crippen LogP) is 2.52. The molecule has 0 aliphatic carbocycles. The number of rotatable bonds is 4. The van der Waals surface area contributed by atoms with Crippen molar-refractivity contribution in [3.8, 4) is 0 Å².